The first-order valence-corrected chi connectivity index (χ1v) is 9.91. The first-order valence-electron chi connectivity index (χ1n) is 9.91. The molecule has 3 aromatic rings. The number of rotatable bonds is 5. The number of carbonyl (C=O) groups is 1. The number of H-pyrrole nitrogens is 1. The van der Waals surface area contributed by atoms with Crippen LogP contribution in [0.15, 0.2) is 18.5 Å². The van der Waals surface area contributed by atoms with Gasteiger partial charge in [-0.15, -0.1) is 10.2 Å². The normalized spacial score (nSPS) is 21.2. The third kappa shape index (κ3) is 3.00. The van der Waals surface area contributed by atoms with Crippen molar-refractivity contribution in [3.8, 4) is 0 Å². The molecule has 1 amide bonds. The molecule has 3 heterocycles. The van der Waals surface area contributed by atoms with Gasteiger partial charge < -0.3 is 9.88 Å². The van der Waals surface area contributed by atoms with Gasteiger partial charge in [-0.2, -0.15) is 10.2 Å². The minimum Gasteiger partial charge on any atom is -0.348 e. The highest BCUT2D eigenvalue weighted by Gasteiger charge is 2.36. The molecule has 0 atom stereocenters. The van der Waals surface area contributed by atoms with Crippen molar-refractivity contribution in [2.75, 3.05) is 0 Å². The van der Waals surface area contributed by atoms with Crippen molar-refractivity contribution < 1.29 is 4.79 Å². The minimum atomic E-state index is -0.0554. The van der Waals surface area contributed by atoms with E-state index in [2.05, 4.69) is 35.4 Å². The van der Waals surface area contributed by atoms with E-state index in [1.807, 2.05) is 24.0 Å². The van der Waals surface area contributed by atoms with Crippen molar-refractivity contribution in [2.24, 2.45) is 7.05 Å². The average molecular weight is 380 g/mol. The molecule has 9 heteroatoms. The first kappa shape index (κ1) is 17.2. The summed E-state index contributed by atoms with van der Waals surface area (Å²) in [6.45, 7) is 0.605. The second kappa shape index (κ2) is 6.88. The molecule has 3 aromatic heterocycles. The van der Waals surface area contributed by atoms with Crippen LogP contribution in [0.2, 0.25) is 0 Å². The molecular formula is C19H24N8O. The Morgan fingerprint density at radius 1 is 1.29 bits per heavy atom. The number of aryl methyl sites for hydroxylation is 1. The van der Waals surface area contributed by atoms with E-state index in [1.54, 1.807) is 6.20 Å². The SMILES string of the molecule is Cn1c(Cn2cccn2)nnc1C1CC(NC(=O)c2n[nH]c3c2CCCC3)C1. The van der Waals surface area contributed by atoms with Crippen molar-refractivity contribution in [3.05, 3.63) is 47.1 Å². The standard InChI is InChI=1S/C19H24N8O/c1-26-16(11-27-8-4-7-20-27)23-25-18(26)12-9-13(10-12)21-19(28)17-14-5-2-3-6-15(14)22-24-17/h4,7-8,12-13H,2-3,5-6,9-11H2,1H3,(H,21,28)(H,22,24). The van der Waals surface area contributed by atoms with Gasteiger partial charge in [-0.25, -0.2) is 0 Å². The Balaban J connectivity index is 1.19. The van der Waals surface area contributed by atoms with Gasteiger partial charge in [0.05, 0.1) is 0 Å². The minimum absolute atomic E-state index is 0.0554. The third-order valence-electron chi connectivity index (χ3n) is 5.97. The van der Waals surface area contributed by atoms with Crippen molar-refractivity contribution in [2.45, 2.75) is 57.0 Å². The van der Waals surface area contributed by atoms with Crippen molar-refractivity contribution >= 4 is 5.91 Å². The van der Waals surface area contributed by atoms with E-state index in [1.165, 1.54) is 6.42 Å². The molecule has 146 valence electrons. The van der Waals surface area contributed by atoms with E-state index in [-0.39, 0.29) is 11.9 Å². The number of aromatic nitrogens is 7. The number of carbonyl (C=O) groups excluding carboxylic acids is 1. The molecule has 0 aromatic carbocycles. The maximum absolute atomic E-state index is 12.6. The topological polar surface area (TPSA) is 106 Å². The van der Waals surface area contributed by atoms with Crippen LogP contribution in [0.25, 0.3) is 0 Å². The zero-order valence-electron chi connectivity index (χ0n) is 15.9. The summed E-state index contributed by atoms with van der Waals surface area (Å²) in [7, 11) is 2.00. The number of nitrogens with one attached hydrogen (secondary N) is 2. The van der Waals surface area contributed by atoms with E-state index >= 15 is 0 Å². The Morgan fingerprint density at radius 3 is 2.96 bits per heavy atom. The zero-order chi connectivity index (χ0) is 19.1. The van der Waals surface area contributed by atoms with Crippen LogP contribution in [0.5, 0.6) is 0 Å². The smallest absolute Gasteiger partial charge is 0.272 e. The lowest BCUT2D eigenvalue weighted by Gasteiger charge is -2.34. The van der Waals surface area contributed by atoms with Gasteiger partial charge >= 0.3 is 0 Å². The Kier molecular flexibility index (Phi) is 4.22. The van der Waals surface area contributed by atoms with Crippen LogP contribution < -0.4 is 5.32 Å². The Hall–Kier alpha value is -2.97. The maximum atomic E-state index is 12.6. The fraction of sp³-hybridized carbons (Fsp3) is 0.526. The molecular weight excluding hydrogens is 356 g/mol. The highest BCUT2D eigenvalue weighted by atomic mass is 16.2. The molecule has 2 N–H and O–H groups in total. The van der Waals surface area contributed by atoms with Gasteiger partial charge in [0.2, 0.25) is 0 Å². The van der Waals surface area contributed by atoms with Gasteiger partial charge in [0.25, 0.3) is 5.91 Å². The second-order valence-electron chi connectivity index (χ2n) is 7.81. The number of hydrogen-bond acceptors (Lipinski definition) is 5. The molecule has 9 nitrogen and oxygen atoms in total. The predicted molar refractivity (Wildman–Crippen MR) is 101 cm³/mol. The van der Waals surface area contributed by atoms with Gasteiger partial charge in [0.1, 0.15) is 12.4 Å². The van der Waals surface area contributed by atoms with Crippen molar-refractivity contribution in [1.29, 1.82) is 0 Å². The lowest BCUT2D eigenvalue weighted by molar-refractivity contribution is 0.0900. The summed E-state index contributed by atoms with van der Waals surface area (Å²) in [6.07, 6.45) is 9.67. The van der Waals surface area contributed by atoms with Crippen LogP contribution in [-0.2, 0) is 26.4 Å². The summed E-state index contributed by atoms with van der Waals surface area (Å²) in [6, 6.07) is 2.06. The Labute approximate surface area is 162 Å². The summed E-state index contributed by atoms with van der Waals surface area (Å²) in [4.78, 5) is 12.6. The highest BCUT2D eigenvalue weighted by Crippen LogP contribution is 2.36. The van der Waals surface area contributed by atoms with E-state index in [4.69, 9.17) is 0 Å². The van der Waals surface area contributed by atoms with Gasteiger partial charge in [0, 0.05) is 42.7 Å². The molecule has 5 rings (SSSR count). The molecule has 2 aliphatic carbocycles. The molecule has 0 bridgehead atoms. The van der Waals surface area contributed by atoms with E-state index in [9.17, 15) is 4.79 Å². The summed E-state index contributed by atoms with van der Waals surface area (Å²) in [5.41, 5.74) is 2.82. The van der Waals surface area contributed by atoms with Crippen LogP contribution in [0.1, 0.15) is 65.0 Å². The van der Waals surface area contributed by atoms with Crippen LogP contribution in [0, 0.1) is 0 Å². The predicted octanol–water partition coefficient (Wildman–Crippen LogP) is 1.34. The van der Waals surface area contributed by atoms with E-state index in [0.717, 1.165) is 55.0 Å². The number of hydrogen-bond donors (Lipinski definition) is 2. The lowest BCUT2D eigenvalue weighted by atomic mass is 9.79. The Bertz CT molecular complexity index is 980. The average Bonchev–Trinajstić information content (AvgIpc) is 3.40. The monoisotopic (exact) mass is 380 g/mol. The summed E-state index contributed by atoms with van der Waals surface area (Å²) in [5.74, 6) is 2.13. The molecule has 0 aliphatic heterocycles. The highest BCUT2D eigenvalue weighted by molar-refractivity contribution is 5.94. The van der Waals surface area contributed by atoms with Crippen molar-refractivity contribution in [3.63, 3.8) is 0 Å². The van der Waals surface area contributed by atoms with E-state index in [0.29, 0.717) is 18.2 Å². The van der Waals surface area contributed by atoms with Gasteiger partial charge in [0.15, 0.2) is 11.5 Å². The summed E-state index contributed by atoms with van der Waals surface area (Å²) < 4.78 is 3.89. The van der Waals surface area contributed by atoms with Crippen LogP contribution >= 0.6 is 0 Å². The fourth-order valence-corrected chi connectivity index (χ4v) is 4.28. The molecule has 0 saturated heterocycles. The van der Waals surface area contributed by atoms with Crippen LogP contribution in [0.4, 0.5) is 0 Å². The molecule has 0 radical (unpaired) electrons. The zero-order valence-corrected chi connectivity index (χ0v) is 15.9. The quantitative estimate of drug-likeness (QED) is 0.695. The van der Waals surface area contributed by atoms with Crippen LogP contribution in [-0.4, -0.2) is 46.7 Å². The van der Waals surface area contributed by atoms with Crippen molar-refractivity contribution in [1.82, 2.24) is 40.1 Å². The number of aromatic amines is 1. The molecule has 28 heavy (non-hydrogen) atoms. The third-order valence-corrected chi connectivity index (χ3v) is 5.97. The summed E-state index contributed by atoms with van der Waals surface area (Å²) in [5, 5.41) is 23.4. The second-order valence-corrected chi connectivity index (χ2v) is 7.81. The fourth-order valence-electron chi connectivity index (χ4n) is 4.28. The number of nitrogens with zero attached hydrogens (tertiary/aromatic N) is 6. The largest absolute Gasteiger partial charge is 0.348 e. The molecule has 2 aliphatic rings. The summed E-state index contributed by atoms with van der Waals surface area (Å²) >= 11 is 0. The first-order chi connectivity index (χ1) is 13.7. The number of amides is 1. The Morgan fingerprint density at radius 2 is 2.14 bits per heavy atom. The number of fused-ring (bicyclic) bond motifs is 1. The molecule has 0 unspecified atom stereocenters. The van der Waals surface area contributed by atoms with E-state index < -0.39 is 0 Å². The molecule has 0 spiro atoms. The molecule has 1 fully saturated rings. The van der Waals surface area contributed by atoms with Gasteiger partial charge in [-0.3, -0.25) is 14.6 Å². The van der Waals surface area contributed by atoms with Gasteiger partial charge in [-0.05, 0) is 44.6 Å². The lowest BCUT2D eigenvalue weighted by Crippen LogP contribution is -2.44. The maximum Gasteiger partial charge on any atom is 0.272 e. The van der Waals surface area contributed by atoms with Crippen LogP contribution in [0.3, 0.4) is 0 Å². The molecule has 1 saturated carbocycles. The van der Waals surface area contributed by atoms with Gasteiger partial charge in [-0.1, -0.05) is 0 Å².